The topological polar surface area (TPSA) is 65.2 Å². The molecule has 5 nitrogen and oxygen atoms in total. The largest absolute Gasteiger partial charge is 0.361 e. The Morgan fingerprint density at radius 2 is 2.04 bits per heavy atom. The molecule has 126 valence electrons. The first-order valence-electron chi connectivity index (χ1n) is 8.46. The molecule has 1 saturated heterocycles. The lowest BCUT2D eigenvalue weighted by atomic mass is 10.1. The first-order valence-corrected chi connectivity index (χ1v) is 8.46. The number of nitrogens with one attached hydrogen (secondary N) is 2. The zero-order valence-corrected chi connectivity index (χ0v) is 13.8. The number of carbonyl (C=O) groups excluding carboxylic acids is 2. The summed E-state index contributed by atoms with van der Waals surface area (Å²) < 4.78 is 0. The molecule has 2 amide bonds. The predicted octanol–water partition coefficient (Wildman–Crippen LogP) is 3.48. The van der Waals surface area contributed by atoms with Crippen LogP contribution in [-0.2, 0) is 16.0 Å². The smallest absolute Gasteiger partial charge is 0.228 e. The number of amides is 2. The van der Waals surface area contributed by atoms with Gasteiger partial charge in [0.05, 0.1) is 6.42 Å². The lowest BCUT2D eigenvalue weighted by Gasteiger charge is -2.16. The van der Waals surface area contributed by atoms with E-state index in [4.69, 9.17) is 0 Å². The number of para-hydroxylation sites is 1. The fraction of sp³-hybridized carbons (Fsp3) is 0.200. The summed E-state index contributed by atoms with van der Waals surface area (Å²) in [5.74, 6) is 0.0666. The fourth-order valence-corrected chi connectivity index (χ4v) is 3.33. The van der Waals surface area contributed by atoms with Crippen molar-refractivity contribution >= 4 is 34.1 Å². The highest BCUT2D eigenvalue weighted by Crippen LogP contribution is 2.24. The number of benzene rings is 2. The lowest BCUT2D eigenvalue weighted by molar-refractivity contribution is -0.117. The molecule has 0 saturated carbocycles. The number of H-pyrrole nitrogens is 1. The minimum absolute atomic E-state index is 0.0744. The van der Waals surface area contributed by atoms with E-state index in [-0.39, 0.29) is 11.8 Å². The molecule has 0 unspecified atom stereocenters. The predicted molar refractivity (Wildman–Crippen MR) is 98.7 cm³/mol. The van der Waals surface area contributed by atoms with Crippen molar-refractivity contribution in [3.63, 3.8) is 0 Å². The highest BCUT2D eigenvalue weighted by Gasteiger charge is 2.21. The Balaban J connectivity index is 1.48. The molecule has 25 heavy (non-hydrogen) atoms. The van der Waals surface area contributed by atoms with Crippen LogP contribution in [0.5, 0.6) is 0 Å². The Labute approximate surface area is 145 Å². The number of rotatable bonds is 4. The number of hydrogen-bond donors (Lipinski definition) is 2. The highest BCUT2D eigenvalue weighted by atomic mass is 16.2. The van der Waals surface area contributed by atoms with E-state index in [9.17, 15) is 9.59 Å². The quantitative estimate of drug-likeness (QED) is 0.768. The maximum atomic E-state index is 12.4. The summed E-state index contributed by atoms with van der Waals surface area (Å²) in [5.41, 5.74) is 3.55. The molecule has 0 radical (unpaired) electrons. The van der Waals surface area contributed by atoms with Crippen molar-refractivity contribution in [2.24, 2.45) is 0 Å². The normalized spacial score (nSPS) is 14.2. The molecular formula is C20H19N3O2. The number of aromatic amines is 1. The minimum Gasteiger partial charge on any atom is -0.361 e. The first kappa shape index (κ1) is 15.4. The second kappa shape index (κ2) is 6.43. The second-order valence-electron chi connectivity index (χ2n) is 6.28. The van der Waals surface area contributed by atoms with Crippen molar-refractivity contribution in [1.82, 2.24) is 4.98 Å². The van der Waals surface area contributed by atoms with Gasteiger partial charge in [0.1, 0.15) is 0 Å². The fourth-order valence-electron chi connectivity index (χ4n) is 3.33. The molecule has 1 aromatic heterocycles. The average molecular weight is 333 g/mol. The molecule has 3 aromatic rings. The van der Waals surface area contributed by atoms with Gasteiger partial charge in [-0.2, -0.15) is 0 Å². The van der Waals surface area contributed by atoms with Gasteiger partial charge in [0.25, 0.3) is 0 Å². The van der Waals surface area contributed by atoms with Gasteiger partial charge >= 0.3 is 0 Å². The lowest BCUT2D eigenvalue weighted by Crippen LogP contribution is -2.23. The summed E-state index contributed by atoms with van der Waals surface area (Å²) in [6.45, 7) is 0.742. The van der Waals surface area contributed by atoms with Crippen LogP contribution in [0.4, 0.5) is 11.4 Å². The molecule has 1 fully saturated rings. The molecule has 2 heterocycles. The van der Waals surface area contributed by atoms with Crippen LogP contribution in [0.3, 0.4) is 0 Å². The second-order valence-corrected chi connectivity index (χ2v) is 6.28. The van der Waals surface area contributed by atoms with E-state index >= 15 is 0 Å². The van der Waals surface area contributed by atoms with Gasteiger partial charge in [-0.1, -0.05) is 24.3 Å². The van der Waals surface area contributed by atoms with Crippen molar-refractivity contribution in [2.75, 3.05) is 16.8 Å². The Kier molecular flexibility index (Phi) is 3.98. The van der Waals surface area contributed by atoms with Gasteiger partial charge in [0.2, 0.25) is 11.8 Å². The van der Waals surface area contributed by atoms with E-state index in [1.54, 1.807) is 4.90 Å². The standard InChI is InChI=1S/C20H19N3O2/c24-19(11-14-13-21-18-8-2-1-7-17(14)18)22-15-5-3-6-16(12-15)23-10-4-9-20(23)25/h1-3,5-8,12-13,21H,4,9-11H2,(H,22,24). The number of anilines is 2. The summed E-state index contributed by atoms with van der Waals surface area (Å²) in [5, 5.41) is 4.00. The molecule has 4 rings (SSSR count). The van der Waals surface area contributed by atoms with Crippen LogP contribution in [0.15, 0.2) is 54.7 Å². The van der Waals surface area contributed by atoms with Gasteiger partial charge in [-0.15, -0.1) is 0 Å². The molecule has 2 aromatic carbocycles. The summed E-state index contributed by atoms with van der Waals surface area (Å²) in [6, 6.07) is 15.4. The molecular weight excluding hydrogens is 314 g/mol. The number of fused-ring (bicyclic) bond motifs is 1. The number of nitrogens with zero attached hydrogens (tertiary/aromatic N) is 1. The van der Waals surface area contributed by atoms with E-state index in [1.165, 1.54) is 0 Å². The van der Waals surface area contributed by atoms with Gasteiger partial charge in [-0.3, -0.25) is 9.59 Å². The van der Waals surface area contributed by atoms with Gasteiger partial charge in [-0.05, 0) is 36.2 Å². The molecule has 0 bridgehead atoms. The summed E-state index contributed by atoms with van der Waals surface area (Å²) >= 11 is 0. The molecule has 0 aliphatic carbocycles. The number of hydrogen-bond acceptors (Lipinski definition) is 2. The van der Waals surface area contributed by atoms with Crippen molar-refractivity contribution in [1.29, 1.82) is 0 Å². The third-order valence-corrected chi connectivity index (χ3v) is 4.54. The molecule has 1 aliphatic rings. The van der Waals surface area contributed by atoms with Crippen LogP contribution in [0.1, 0.15) is 18.4 Å². The van der Waals surface area contributed by atoms with Crippen molar-refractivity contribution < 1.29 is 9.59 Å². The zero-order valence-electron chi connectivity index (χ0n) is 13.8. The van der Waals surface area contributed by atoms with Crippen LogP contribution < -0.4 is 10.2 Å². The minimum atomic E-state index is -0.0744. The highest BCUT2D eigenvalue weighted by molar-refractivity contribution is 5.98. The van der Waals surface area contributed by atoms with Crippen molar-refractivity contribution in [2.45, 2.75) is 19.3 Å². The van der Waals surface area contributed by atoms with Gasteiger partial charge in [0, 0.05) is 41.4 Å². The Morgan fingerprint density at radius 1 is 1.16 bits per heavy atom. The van der Waals surface area contributed by atoms with E-state index in [0.29, 0.717) is 18.5 Å². The van der Waals surface area contributed by atoms with Crippen LogP contribution >= 0.6 is 0 Å². The molecule has 0 atom stereocenters. The van der Waals surface area contributed by atoms with E-state index in [0.717, 1.165) is 35.1 Å². The van der Waals surface area contributed by atoms with Gasteiger partial charge in [-0.25, -0.2) is 0 Å². The Hall–Kier alpha value is -3.08. The van der Waals surface area contributed by atoms with Gasteiger partial charge in [0.15, 0.2) is 0 Å². The maximum Gasteiger partial charge on any atom is 0.228 e. The maximum absolute atomic E-state index is 12.4. The monoisotopic (exact) mass is 333 g/mol. The van der Waals surface area contributed by atoms with Crippen LogP contribution in [-0.4, -0.2) is 23.3 Å². The SMILES string of the molecule is O=C(Cc1c[nH]c2ccccc12)Nc1cccc(N2CCCC2=O)c1. The average Bonchev–Trinajstić information content (AvgIpc) is 3.22. The Bertz CT molecular complexity index is 945. The third-order valence-electron chi connectivity index (χ3n) is 4.54. The molecule has 5 heteroatoms. The van der Waals surface area contributed by atoms with Crippen LogP contribution in [0.25, 0.3) is 10.9 Å². The third kappa shape index (κ3) is 3.13. The van der Waals surface area contributed by atoms with E-state index < -0.39 is 0 Å². The molecule has 0 spiro atoms. The van der Waals surface area contributed by atoms with Crippen LogP contribution in [0.2, 0.25) is 0 Å². The Morgan fingerprint density at radius 3 is 2.88 bits per heavy atom. The first-order chi connectivity index (χ1) is 12.2. The number of carbonyl (C=O) groups is 2. The number of aromatic nitrogens is 1. The summed E-state index contributed by atoms with van der Waals surface area (Å²) in [6.07, 6.45) is 3.66. The van der Waals surface area contributed by atoms with Gasteiger partial charge < -0.3 is 15.2 Å². The summed E-state index contributed by atoms with van der Waals surface area (Å²) in [4.78, 5) is 29.3. The van der Waals surface area contributed by atoms with Crippen molar-refractivity contribution in [3.05, 3.63) is 60.3 Å². The molecule has 2 N–H and O–H groups in total. The van der Waals surface area contributed by atoms with E-state index in [1.807, 2.05) is 54.7 Å². The molecule has 1 aliphatic heterocycles. The van der Waals surface area contributed by atoms with E-state index in [2.05, 4.69) is 10.3 Å². The van der Waals surface area contributed by atoms with Crippen molar-refractivity contribution in [3.8, 4) is 0 Å². The van der Waals surface area contributed by atoms with Crippen LogP contribution in [0, 0.1) is 0 Å². The zero-order chi connectivity index (χ0) is 17.2. The summed E-state index contributed by atoms with van der Waals surface area (Å²) in [7, 11) is 0.